The largest absolute Gasteiger partial charge is 0.481 e. The van der Waals surface area contributed by atoms with E-state index in [1.807, 2.05) is 0 Å². The van der Waals surface area contributed by atoms with Gasteiger partial charge in [-0.3, -0.25) is 4.79 Å². The SMILES string of the molecule is CC(Oc1ccc(Cl)cc1)C(=O)N1CCC[C@@H]1C(=O)O. The first-order valence-corrected chi connectivity index (χ1v) is 6.82. The van der Waals surface area contributed by atoms with Gasteiger partial charge < -0.3 is 14.7 Å². The number of nitrogens with zero attached hydrogens (tertiary/aromatic N) is 1. The number of aliphatic carboxylic acids is 1. The van der Waals surface area contributed by atoms with E-state index in [-0.39, 0.29) is 5.91 Å². The van der Waals surface area contributed by atoms with Crippen LogP contribution in [0.2, 0.25) is 5.02 Å². The lowest BCUT2D eigenvalue weighted by molar-refractivity contribution is -0.150. The molecule has 1 saturated heterocycles. The molecule has 1 fully saturated rings. The molecule has 1 unspecified atom stereocenters. The Morgan fingerprint density at radius 3 is 2.65 bits per heavy atom. The maximum Gasteiger partial charge on any atom is 0.326 e. The average Bonchev–Trinajstić information content (AvgIpc) is 2.90. The summed E-state index contributed by atoms with van der Waals surface area (Å²) in [6.45, 7) is 2.08. The lowest BCUT2D eigenvalue weighted by Gasteiger charge is -2.25. The van der Waals surface area contributed by atoms with E-state index in [1.54, 1.807) is 31.2 Å². The molecule has 1 amide bonds. The van der Waals surface area contributed by atoms with Crippen molar-refractivity contribution in [2.75, 3.05) is 6.54 Å². The number of carbonyl (C=O) groups excluding carboxylic acids is 1. The first kappa shape index (κ1) is 14.7. The smallest absolute Gasteiger partial charge is 0.326 e. The van der Waals surface area contributed by atoms with Crippen molar-refractivity contribution >= 4 is 23.5 Å². The highest BCUT2D eigenvalue weighted by Gasteiger charge is 2.36. The summed E-state index contributed by atoms with van der Waals surface area (Å²) in [5.41, 5.74) is 0. The topological polar surface area (TPSA) is 66.8 Å². The molecule has 0 saturated carbocycles. The van der Waals surface area contributed by atoms with Gasteiger partial charge in [-0.15, -0.1) is 0 Å². The van der Waals surface area contributed by atoms with Crippen molar-refractivity contribution in [1.82, 2.24) is 4.90 Å². The molecule has 2 rings (SSSR count). The van der Waals surface area contributed by atoms with E-state index in [0.717, 1.165) is 0 Å². The fraction of sp³-hybridized carbons (Fsp3) is 0.429. The molecule has 1 aliphatic rings. The maximum absolute atomic E-state index is 12.2. The monoisotopic (exact) mass is 297 g/mol. The van der Waals surface area contributed by atoms with Crippen molar-refractivity contribution in [3.63, 3.8) is 0 Å². The molecule has 0 radical (unpaired) electrons. The second kappa shape index (κ2) is 6.13. The minimum absolute atomic E-state index is 0.301. The summed E-state index contributed by atoms with van der Waals surface area (Å²) < 4.78 is 5.53. The zero-order chi connectivity index (χ0) is 14.7. The van der Waals surface area contributed by atoms with Crippen LogP contribution in [0.4, 0.5) is 0 Å². The lowest BCUT2D eigenvalue weighted by Crippen LogP contribution is -2.46. The normalized spacial score (nSPS) is 19.7. The van der Waals surface area contributed by atoms with Crippen molar-refractivity contribution in [2.24, 2.45) is 0 Å². The second-order valence-corrected chi connectivity index (χ2v) is 5.18. The molecular formula is C14H16ClNO4. The summed E-state index contributed by atoms with van der Waals surface area (Å²) in [4.78, 5) is 24.7. The van der Waals surface area contributed by atoms with Crippen molar-refractivity contribution in [1.29, 1.82) is 0 Å². The maximum atomic E-state index is 12.2. The average molecular weight is 298 g/mol. The third-order valence-electron chi connectivity index (χ3n) is 3.30. The highest BCUT2D eigenvalue weighted by atomic mass is 35.5. The van der Waals surface area contributed by atoms with Gasteiger partial charge >= 0.3 is 5.97 Å². The van der Waals surface area contributed by atoms with Gasteiger partial charge in [0.2, 0.25) is 0 Å². The summed E-state index contributed by atoms with van der Waals surface area (Å²) in [6.07, 6.45) is 0.474. The highest BCUT2D eigenvalue weighted by molar-refractivity contribution is 6.30. The standard InChI is InChI=1S/C14H16ClNO4/c1-9(20-11-6-4-10(15)5-7-11)13(17)16-8-2-3-12(16)14(18)19/h4-7,9,12H,2-3,8H2,1H3,(H,18,19)/t9?,12-/m1/s1. The van der Waals surface area contributed by atoms with Gasteiger partial charge in [0.1, 0.15) is 11.8 Å². The molecule has 0 aliphatic carbocycles. The van der Waals surface area contributed by atoms with E-state index < -0.39 is 18.1 Å². The summed E-state index contributed by atoms with van der Waals surface area (Å²) in [5, 5.41) is 9.67. The Bertz CT molecular complexity index is 502. The molecule has 2 atom stereocenters. The third kappa shape index (κ3) is 3.22. The number of ether oxygens (including phenoxy) is 1. The number of carboxylic acids is 1. The van der Waals surface area contributed by atoms with Crippen LogP contribution in [0.3, 0.4) is 0 Å². The Kier molecular flexibility index (Phi) is 4.49. The summed E-state index contributed by atoms with van der Waals surface area (Å²) in [7, 11) is 0. The summed E-state index contributed by atoms with van der Waals surface area (Å²) in [6, 6.07) is 5.95. The first-order valence-electron chi connectivity index (χ1n) is 6.44. The Balaban J connectivity index is 2.01. The molecule has 1 heterocycles. The van der Waals surface area contributed by atoms with Crippen LogP contribution in [-0.4, -0.2) is 40.6 Å². The van der Waals surface area contributed by atoms with Gasteiger partial charge in [0.05, 0.1) is 0 Å². The minimum Gasteiger partial charge on any atom is -0.481 e. The second-order valence-electron chi connectivity index (χ2n) is 4.74. The van der Waals surface area contributed by atoms with Crippen LogP contribution in [0.1, 0.15) is 19.8 Å². The number of hydrogen-bond donors (Lipinski definition) is 1. The molecule has 1 N–H and O–H groups in total. The molecule has 1 aromatic rings. The molecule has 108 valence electrons. The van der Waals surface area contributed by atoms with Gasteiger partial charge in [-0.25, -0.2) is 4.79 Å². The van der Waals surface area contributed by atoms with Gasteiger partial charge in [0.15, 0.2) is 6.10 Å². The van der Waals surface area contributed by atoms with Crippen LogP contribution in [-0.2, 0) is 9.59 Å². The van der Waals surface area contributed by atoms with E-state index in [9.17, 15) is 9.59 Å². The molecular weight excluding hydrogens is 282 g/mol. The number of carbonyl (C=O) groups is 2. The number of carboxylic acid groups (broad SMARTS) is 1. The number of benzene rings is 1. The quantitative estimate of drug-likeness (QED) is 0.925. The predicted octanol–water partition coefficient (Wildman–Crippen LogP) is 2.18. The van der Waals surface area contributed by atoms with E-state index in [2.05, 4.69) is 0 Å². The van der Waals surface area contributed by atoms with Crippen molar-refractivity contribution in [3.05, 3.63) is 29.3 Å². The first-order chi connectivity index (χ1) is 9.49. The zero-order valence-electron chi connectivity index (χ0n) is 11.1. The Morgan fingerprint density at radius 1 is 1.40 bits per heavy atom. The number of halogens is 1. The molecule has 1 aliphatic heterocycles. The number of rotatable bonds is 4. The third-order valence-corrected chi connectivity index (χ3v) is 3.55. The van der Waals surface area contributed by atoms with Gasteiger partial charge in [-0.1, -0.05) is 11.6 Å². The van der Waals surface area contributed by atoms with Gasteiger partial charge in [-0.2, -0.15) is 0 Å². The zero-order valence-corrected chi connectivity index (χ0v) is 11.8. The van der Waals surface area contributed by atoms with Gasteiger partial charge in [0, 0.05) is 11.6 Å². The van der Waals surface area contributed by atoms with Gasteiger partial charge in [-0.05, 0) is 44.0 Å². The molecule has 0 spiro atoms. The van der Waals surface area contributed by atoms with Crippen molar-refractivity contribution in [2.45, 2.75) is 31.9 Å². The van der Waals surface area contributed by atoms with Crippen LogP contribution >= 0.6 is 11.6 Å². The fourth-order valence-electron chi connectivity index (χ4n) is 2.29. The molecule has 5 nitrogen and oxygen atoms in total. The Morgan fingerprint density at radius 2 is 2.05 bits per heavy atom. The van der Waals surface area contributed by atoms with Crippen molar-refractivity contribution < 1.29 is 19.4 Å². The van der Waals surface area contributed by atoms with Crippen LogP contribution in [0.25, 0.3) is 0 Å². The predicted molar refractivity (Wildman–Crippen MR) is 73.9 cm³/mol. The number of amides is 1. The van der Waals surface area contributed by atoms with E-state index in [0.29, 0.717) is 30.2 Å². The van der Waals surface area contributed by atoms with E-state index in [1.165, 1.54) is 4.90 Å². The molecule has 20 heavy (non-hydrogen) atoms. The minimum atomic E-state index is -0.963. The molecule has 0 aromatic heterocycles. The molecule has 6 heteroatoms. The van der Waals surface area contributed by atoms with Gasteiger partial charge in [0.25, 0.3) is 5.91 Å². The lowest BCUT2D eigenvalue weighted by atomic mass is 10.2. The van der Waals surface area contributed by atoms with Crippen LogP contribution in [0.15, 0.2) is 24.3 Å². The van der Waals surface area contributed by atoms with Crippen LogP contribution < -0.4 is 4.74 Å². The number of likely N-dealkylation sites (tertiary alicyclic amines) is 1. The summed E-state index contributed by atoms with van der Waals surface area (Å²) in [5.74, 6) is -0.735. The molecule has 0 bridgehead atoms. The van der Waals surface area contributed by atoms with Crippen LogP contribution in [0.5, 0.6) is 5.75 Å². The van der Waals surface area contributed by atoms with E-state index >= 15 is 0 Å². The van der Waals surface area contributed by atoms with Crippen molar-refractivity contribution in [3.8, 4) is 5.75 Å². The Labute approximate surface area is 122 Å². The van der Waals surface area contributed by atoms with Crippen LogP contribution in [0, 0.1) is 0 Å². The van der Waals surface area contributed by atoms with E-state index in [4.69, 9.17) is 21.4 Å². The summed E-state index contributed by atoms with van der Waals surface area (Å²) >= 11 is 5.77. The Hall–Kier alpha value is -1.75. The number of hydrogen-bond acceptors (Lipinski definition) is 3. The fourth-order valence-corrected chi connectivity index (χ4v) is 2.41. The molecule has 1 aromatic carbocycles. The highest BCUT2D eigenvalue weighted by Crippen LogP contribution is 2.21.